The minimum absolute atomic E-state index is 0.0158. The maximum atomic E-state index is 11.7. The van der Waals surface area contributed by atoms with Crippen LogP contribution < -0.4 is 0 Å². The average Bonchev–Trinajstić information content (AvgIpc) is 2.48. The van der Waals surface area contributed by atoms with Gasteiger partial charge in [0.2, 0.25) is 0 Å². The lowest BCUT2D eigenvalue weighted by atomic mass is 9.97. The number of rotatable bonds is 15. The van der Waals surface area contributed by atoms with Crippen molar-refractivity contribution >= 4 is 5.97 Å². The summed E-state index contributed by atoms with van der Waals surface area (Å²) in [6, 6.07) is 0. The van der Waals surface area contributed by atoms with Crippen molar-refractivity contribution in [3.8, 4) is 0 Å². The van der Waals surface area contributed by atoms with Crippen LogP contribution in [0.25, 0.3) is 0 Å². The van der Waals surface area contributed by atoms with Gasteiger partial charge in [0.05, 0.1) is 6.61 Å². The van der Waals surface area contributed by atoms with E-state index in [1.54, 1.807) is 0 Å². The van der Waals surface area contributed by atoms with Crippen molar-refractivity contribution in [2.24, 2.45) is 5.92 Å². The third kappa shape index (κ3) is 14.2. The fourth-order valence-corrected chi connectivity index (χ4v) is 2.73. The lowest BCUT2D eigenvalue weighted by Crippen LogP contribution is -2.14. The summed E-state index contributed by atoms with van der Waals surface area (Å²) in [5, 5.41) is 0. The monoisotopic (exact) mass is 298 g/mol. The quantitative estimate of drug-likeness (QED) is 0.263. The average molecular weight is 299 g/mol. The second-order valence-corrected chi connectivity index (χ2v) is 6.35. The first-order valence-corrected chi connectivity index (χ1v) is 9.40. The summed E-state index contributed by atoms with van der Waals surface area (Å²) >= 11 is 0. The summed E-state index contributed by atoms with van der Waals surface area (Å²) < 4.78 is 5.48. The maximum Gasteiger partial charge on any atom is 0.305 e. The van der Waals surface area contributed by atoms with E-state index in [0.29, 0.717) is 18.9 Å². The molecular formula is C19H38O2. The number of esters is 1. The normalized spacial score (nSPS) is 12.3. The van der Waals surface area contributed by atoms with Gasteiger partial charge in [-0.3, -0.25) is 4.79 Å². The van der Waals surface area contributed by atoms with Crippen LogP contribution >= 0.6 is 0 Å². The molecule has 0 N–H and O–H groups in total. The summed E-state index contributed by atoms with van der Waals surface area (Å²) in [6.07, 6.45) is 15.4. The van der Waals surface area contributed by atoms with Crippen LogP contribution in [0.3, 0.4) is 0 Å². The largest absolute Gasteiger partial charge is 0.465 e. The van der Waals surface area contributed by atoms with Gasteiger partial charge < -0.3 is 4.74 Å². The lowest BCUT2D eigenvalue weighted by molar-refractivity contribution is -0.145. The van der Waals surface area contributed by atoms with Gasteiger partial charge in [0.15, 0.2) is 0 Å². The molecule has 0 aromatic heterocycles. The van der Waals surface area contributed by atoms with Crippen LogP contribution in [0.1, 0.15) is 104 Å². The molecule has 0 fully saturated rings. The number of ether oxygens (including phenoxy) is 1. The Bertz CT molecular complexity index is 226. The minimum atomic E-state index is 0.0158. The summed E-state index contributed by atoms with van der Waals surface area (Å²) in [5.74, 6) is 0.595. The number of hydrogen-bond donors (Lipinski definition) is 0. The topological polar surface area (TPSA) is 26.3 Å². The molecule has 0 radical (unpaired) electrons. The highest BCUT2D eigenvalue weighted by atomic mass is 16.5. The zero-order chi connectivity index (χ0) is 15.8. The molecule has 0 rings (SSSR count). The molecule has 126 valence electrons. The molecular weight excluding hydrogens is 260 g/mol. The third-order valence-electron chi connectivity index (χ3n) is 4.13. The fourth-order valence-electron chi connectivity index (χ4n) is 2.73. The summed E-state index contributed by atoms with van der Waals surface area (Å²) in [6.45, 7) is 7.32. The first-order chi connectivity index (χ1) is 10.2. The molecule has 2 heteroatoms. The van der Waals surface area contributed by atoms with Gasteiger partial charge in [0.1, 0.15) is 0 Å². The van der Waals surface area contributed by atoms with Crippen molar-refractivity contribution in [2.45, 2.75) is 104 Å². The van der Waals surface area contributed by atoms with E-state index in [1.165, 1.54) is 70.6 Å². The molecule has 1 atom stereocenters. The van der Waals surface area contributed by atoms with E-state index in [9.17, 15) is 4.79 Å². The van der Waals surface area contributed by atoms with Crippen LogP contribution in [0.2, 0.25) is 0 Å². The van der Waals surface area contributed by atoms with Crippen LogP contribution in [0.5, 0.6) is 0 Å². The van der Waals surface area contributed by atoms with Gasteiger partial charge in [-0.05, 0) is 25.2 Å². The molecule has 0 aliphatic heterocycles. The van der Waals surface area contributed by atoms with Crippen molar-refractivity contribution in [3.05, 3.63) is 0 Å². The molecule has 0 bridgehead atoms. The number of unbranched alkanes of at least 4 members (excludes halogenated alkanes) is 7. The van der Waals surface area contributed by atoms with Crippen LogP contribution in [-0.4, -0.2) is 12.6 Å². The molecule has 1 unspecified atom stereocenters. The number of carbonyl (C=O) groups is 1. The molecule has 21 heavy (non-hydrogen) atoms. The van der Waals surface area contributed by atoms with Crippen LogP contribution in [0, 0.1) is 5.92 Å². The Morgan fingerprint density at radius 2 is 1.38 bits per heavy atom. The SMILES string of the molecule is CCCCCCCCC(=O)OCC(CCC)CCCCC. The van der Waals surface area contributed by atoms with E-state index in [1.807, 2.05) is 0 Å². The fraction of sp³-hybridized carbons (Fsp3) is 0.947. The Morgan fingerprint density at radius 3 is 2.05 bits per heavy atom. The van der Waals surface area contributed by atoms with E-state index < -0.39 is 0 Å². The van der Waals surface area contributed by atoms with Gasteiger partial charge >= 0.3 is 5.97 Å². The Hall–Kier alpha value is -0.530. The molecule has 0 heterocycles. The second kappa shape index (κ2) is 15.9. The Morgan fingerprint density at radius 1 is 0.762 bits per heavy atom. The Labute approximate surface area is 133 Å². The van der Waals surface area contributed by atoms with Crippen LogP contribution in [-0.2, 0) is 9.53 Å². The molecule has 2 nitrogen and oxygen atoms in total. The molecule has 0 amide bonds. The van der Waals surface area contributed by atoms with Crippen molar-refractivity contribution in [3.63, 3.8) is 0 Å². The van der Waals surface area contributed by atoms with Gasteiger partial charge in [0.25, 0.3) is 0 Å². The minimum Gasteiger partial charge on any atom is -0.465 e. The standard InChI is InChI=1S/C19H38O2/c1-4-7-9-10-11-13-16-19(20)21-17-18(14-6-3)15-12-8-5-2/h18H,4-17H2,1-3H3. The molecule has 0 aliphatic rings. The highest BCUT2D eigenvalue weighted by Gasteiger charge is 2.11. The Kier molecular flexibility index (Phi) is 15.5. The number of hydrogen-bond acceptors (Lipinski definition) is 2. The zero-order valence-corrected chi connectivity index (χ0v) is 14.8. The lowest BCUT2D eigenvalue weighted by Gasteiger charge is -2.16. The summed E-state index contributed by atoms with van der Waals surface area (Å²) in [5.41, 5.74) is 0. The van der Waals surface area contributed by atoms with E-state index in [4.69, 9.17) is 4.74 Å². The molecule has 0 aromatic rings. The van der Waals surface area contributed by atoms with E-state index in [-0.39, 0.29) is 5.97 Å². The second-order valence-electron chi connectivity index (χ2n) is 6.35. The first-order valence-electron chi connectivity index (χ1n) is 9.40. The van der Waals surface area contributed by atoms with Crippen molar-refractivity contribution in [1.29, 1.82) is 0 Å². The van der Waals surface area contributed by atoms with Crippen molar-refractivity contribution in [2.75, 3.05) is 6.61 Å². The van der Waals surface area contributed by atoms with Crippen molar-refractivity contribution < 1.29 is 9.53 Å². The predicted octanol–water partition coefficient (Wildman–Crippen LogP) is 6.28. The van der Waals surface area contributed by atoms with Crippen LogP contribution in [0.15, 0.2) is 0 Å². The molecule has 0 aliphatic carbocycles. The predicted molar refractivity (Wildman–Crippen MR) is 91.5 cm³/mol. The van der Waals surface area contributed by atoms with E-state index in [0.717, 1.165) is 6.42 Å². The molecule has 0 spiro atoms. The van der Waals surface area contributed by atoms with Gasteiger partial charge in [-0.15, -0.1) is 0 Å². The van der Waals surface area contributed by atoms with Crippen molar-refractivity contribution in [1.82, 2.24) is 0 Å². The van der Waals surface area contributed by atoms with Gasteiger partial charge in [0, 0.05) is 6.42 Å². The smallest absolute Gasteiger partial charge is 0.305 e. The summed E-state index contributed by atoms with van der Waals surface area (Å²) in [7, 11) is 0. The molecule has 0 aromatic carbocycles. The van der Waals surface area contributed by atoms with Gasteiger partial charge in [-0.2, -0.15) is 0 Å². The van der Waals surface area contributed by atoms with Gasteiger partial charge in [-0.1, -0.05) is 78.6 Å². The number of carbonyl (C=O) groups excluding carboxylic acids is 1. The van der Waals surface area contributed by atoms with Gasteiger partial charge in [-0.25, -0.2) is 0 Å². The highest BCUT2D eigenvalue weighted by Crippen LogP contribution is 2.16. The molecule has 0 saturated carbocycles. The molecule has 0 saturated heterocycles. The first kappa shape index (κ1) is 20.5. The van der Waals surface area contributed by atoms with Crippen LogP contribution in [0.4, 0.5) is 0 Å². The third-order valence-corrected chi connectivity index (χ3v) is 4.13. The zero-order valence-electron chi connectivity index (χ0n) is 14.8. The van der Waals surface area contributed by atoms with E-state index in [2.05, 4.69) is 20.8 Å². The Balaban J connectivity index is 3.61. The highest BCUT2D eigenvalue weighted by molar-refractivity contribution is 5.69. The summed E-state index contributed by atoms with van der Waals surface area (Å²) in [4.78, 5) is 11.7. The maximum absolute atomic E-state index is 11.7. The van der Waals surface area contributed by atoms with E-state index >= 15 is 0 Å².